The van der Waals surface area contributed by atoms with Crippen LogP contribution in [0.2, 0.25) is 0 Å². The van der Waals surface area contributed by atoms with Crippen LogP contribution in [0.3, 0.4) is 0 Å². The van der Waals surface area contributed by atoms with Gasteiger partial charge in [0.05, 0.1) is 6.61 Å². The van der Waals surface area contributed by atoms with Crippen LogP contribution in [0.5, 0.6) is 0 Å². The summed E-state index contributed by atoms with van der Waals surface area (Å²) in [6.45, 7) is 0.889. The molecule has 1 aliphatic heterocycles. The van der Waals surface area contributed by atoms with Crippen molar-refractivity contribution >= 4 is 39.1 Å². The number of rotatable bonds is 3. The second-order valence-electron chi connectivity index (χ2n) is 3.57. The molecule has 0 bridgehead atoms. The summed E-state index contributed by atoms with van der Waals surface area (Å²) in [6.07, 6.45) is 0.443. The van der Waals surface area contributed by atoms with E-state index in [-0.39, 0.29) is 17.8 Å². The van der Waals surface area contributed by atoms with Crippen molar-refractivity contribution in [3.05, 3.63) is 20.8 Å². The van der Waals surface area contributed by atoms with Gasteiger partial charge in [-0.3, -0.25) is 4.79 Å². The van der Waals surface area contributed by atoms with Crippen LogP contribution in [0, 0.1) is 5.92 Å². The zero-order valence-electron chi connectivity index (χ0n) is 8.36. The molecule has 1 unspecified atom stereocenters. The lowest BCUT2D eigenvalue weighted by Gasteiger charge is -2.07. The zero-order chi connectivity index (χ0) is 11.5. The molecule has 86 valence electrons. The van der Waals surface area contributed by atoms with Crippen LogP contribution in [0.1, 0.15) is 16.1 Å². The average Bonchev–Trinajstić information content (AvgIpc) is 2.84. The first-order chi connectivity index (χ1) is 7.66. The summed E-state index contributed by atoms with van der Waals surface area (Å²) in [5, 5.41) is 4.52. The molecule has 0 aromatic carbocycles. The van der Waals surface area contributed by atoms with Gasteiger partial charge in [-0.1, -0.05) is 0 Å². The molecule has 0 spiro atoms. The minimum absolute atomic E-state index is 0.0263. The van der Waals surface area contributed by atoms with Crippen LogP contribution in [0.25, 0.3) is 0 Å². The van der Waals surface area contributed by atoms with Crippen LogP contribution in [0.4, 0.5) is 0 Å². The van der Waals surface area contributed by atoms with Crippen LogP contribution in [0.15, 0.2) is 15.9 Å². The number of amides is 1. The standard InChI is InChI=1S/C10H10BrNO3S/c11-7-1-2-16-9(7)10(14)15-5-6-3-8(13)12-4-6/h1-2,6H,3-5H2,(H,12,13). The van der Waals surface area contributed by atoms with E-state index in [0.29, 0.717) is 24.4 Å². The minimum atomic E-state index is -0.332. The zero-order valence-corrected chi connectivity index (χ0v) is 10.8. The van der Waals surface area contributed by atoms with E-state index in [0.717, 1.165) is 4.47 Å². The van der Waals surface area contributed by atoms with Gasteiger partial charge in [0, 0.05) is 23.4 Å². The Morgan fingerprint density at radius 2 is 2.50 bits per heavy atom. The topological polar surface area (TPSA) is 55.4 Å². The number of carbonyl (C=O) groups is 2. The van der Waals surface area contributed by atoms with Gasteiger partial charge < -0.3 is 10.1 Å². The Labute approximate surface area is 105 Å². The van der Waals surface area contributed by atoms with Gasteiger partial charge in [0.25, 0.3) is 0 Å². The van der Waals surface area contributed by atoms with Crippen molar-refractivity contribution in [1.82, 2.24) is 5.32 Å². The Kier molecular flexibility index (Phi) is 3.60. The van der Waals surface area contributed by atoms with E-state index in [9.17, 15) is 9.59 Å². The molecular weight excluding hydrogens is 294 g/mol. The maximum absolute atomic E-state index is 11.6. The van der Waals surface area contributed by atoms with Crippen LogP contribution < -0.4 is 5.32 Å². The van der Waals surface area contributed by atoms with Gasteiger partial charge in [0.1, 0.15) is 4.88 Å². The lowest BCUT2D eigenvalue weighted by Crippen LogP contribution is -2.17. The van der Waals surface area contributed by atoms with E-state index >= 15 is 0 Å². The molecule has 1 aromatic heterocycles. The normalized spacial score (nSPS) is 19.6. The molecule has 1 fully saturated rings. The van der Waals surface area contributed by atoms with Gasteiger partial charge in [0.2, 0.25) is 5.91 Å². The second-order valence-corrected chi connectivity index (χ2v) is 5.34. The van der Waals surface area contributed by atoms with Crippen LogP contribution in [-0.2, 0) is 9.53 Å². The van der Waals surface area contributed by atoms with Gasteiger partial charge >= 0.3 is 5.97 Å². The summed E-state index contributed by atoms with van der Waals surface area (Å²) in [5.74, 6) is -0.199. The average molecular weight is 304 g/mol. The molecule has 1 aliphatic rings. The first kappa shape index (κ1) is 11.6. The lowest BCUT2D eigenvalue weighted by atomic mass is 10.1. The highest BCUT2D eigenvalue weighted by atomic mass is 79.9. The molecule has 2 rings (SSSR count). The molecule has 1 saturated heterocycles. The number of ether oxygens (including phenoxy) is 1. The van der Waals surface area contributed by atoms with Crippen molar-refractivity contribution in [2.24, 2.45) is 5.92 Å². The number of carbonyl (C=O) groups excluding carboxylic acids is 2. The Morgan fingerprint density at radius 3 is 3.06 bits per heavy atom. The predicted octanol–water partition coefficient (Wildman–Crippen LogP) is 1.80. The maximum atomic E-state index is 11.6. The number of hydrogen-bond donors (Lipinski definition) is 1. The molecule has 0 radical (unpaired) electrons. The highest BCUT2D eigenvalue weighted by Gasteiger charge is 2.23. The van der Waals surface area contributed by atoms with Crippen molar-refractivity contribution < 1.29 is 14.3 Å². The van der Waals surface area contributed by atoms with Crippen molar-refractivity contribution in [1.29, 1.82) is 0 Å². The largest absolute Gasteiger partial charge is 0.461 e. The summed E-state index contributed by atoms with van der Waals surface area (Å²) in [5.41, 5.74) is 0. The first-order valence-electron chi connectivity index (χ1n) is 4.83. The highest BCUT2D eigenvalue weighted by molar-refractivity contribution is 9.10. The first-order valence-corrected chi connectivity index (χ1v) is 6.51. The Morgan fingerprint density at radius 1 is 1.69 bits per heavy atom. The van der Waals surface area contributed by atoms with Crippen molar-refractivity contribution in [3.8, 4) is 0 Å². The second kappa shape index (κ2) is 4.97. The Bertz CT molecular complexity index is 418. The highest BCUT2D eigenvalue weighted by Crippen LogP contribution is 2.23. The fraction of sp³-hybridized carbons (Fsp3) is 0.400. The molecule has 2 heterocycles. The summed E-state index contributed by atoms with van der Waals surface area (Å²) in [4.78, 5) is 23.1. The van der Waals surface area contributed by atoms with E-state index in [4.69, 9.17) is 4.74 Å². The molecular formula is C10H10BrNO3S. The maximum Gasteiger partial charge on any atom is 0.349 e. The number of esters is 1. The summed E-state index contributed by atoms with van der Waals surface area (Å²) in [6, 6.07) is 1.81. The quantitative estimate of drug-likeness (QED) is 0.866. The fourth-order valence-corrected chi connectivity index (χ4v) is 2.91. The van der Waals surface area contributed by atoms with Gasteiger partial charge in [-0.15, -0.1) is 11.3 Å². The molecule has 1 N–H and O–H groups in total. The molecule has 4 nitrogen and oxygen atoms in total. The number of hydrogen-bond acceptors (Lipinski definition) is 4. The third-order valence-electron chi connectivity index (χ3n) is 2.31. The third kappa shape index (κ3) is 2.62. The Hall–Kier alpha value is -0.880. The molecule has 0 saturated carbocycles. The number of thiophene rings is 1. The van der Waals surface area contributed by atoms with Crippen molar-refractivity contribution in [2.75, 3.05) is 13.2 Å². The van der Waals surface area contributed by atoms with Crippen molar-refractivity contribution in [2.45, 2.75) is 6.42 Å². The van der Waals surface area contributed by atoms with Gasteiger partial charge in [-0.05, 0) is 27.4 Å². The molecule has 1 amide bonds. The summed E-state index contributed by atoms with van der Waals surface area (Å²) in [7, 11) is 0. The van der Waals surface area contributed by atoms with E-state index < -0.39 is 0 Å². The molecule has 1 atom stereocenters. The minimum Gasteiger partial charge on any atom is -0.461 e. The van der Waals surface area contributed by atoms with Gasteiger partial charge in [-0.2, -0.15) is 0 Å². The van der Waals surface area contributed by atoms with Crippen LogP contribution >= 0.6 is 27.3 Å². The van der Waals surface area contributed by atoms with Gasteiger partial charge in [-0.25, -0.2) is 4.79 Å². The summed E-state index contributed by atoms with van der Waals surface area (Å²) >= 11 is 4.61. The van der Waals surface area contributed by atoms with Crippen molar-refractivity contribution in [3.63, 3.8) is 0 Å². The summed E-state index contributed by atoms with van der Waals surface area (Å²) < 4.78 is 5.90. The van der Waals surface area contributed by atoms with Crippen LogP contribution in [-0.4, -0.2) is 25.0 Å². The molecule has 6 heteroatoms. The Balaban J connectivity index is 1.85. The molecule has 1 aromatic rings. The van der Waals surface area contributed by atoms with Gasteiger partial charge in [0.15, 0.2) is 0 Å². The SMILES string of the molecule is O=C1CC(COC(=O)c2sccc2Br)CN1. The smallest absolute Gasteiger partial charge is 0.349 e. The predicted molar refractivity (Wildman–Crippen MR) is 63.4 cm³/mol. The lowest BCUT2D eigenvalue weighted by molar-refractivity contribution is -0.119. The molecule has 16 heavy (non-hydrogen) atoms. The fourth-order valence-electron chi connectivity index (χ4n) is 1.48. The van der Waals surface area contributed by atoms with E-state index in [1.54, 1.807) is 0 Å². The monoisotopic (exact) mass is 303 g/mol. The third-order valence-corrected chi connectivity index (χ3v) is 4.13. The van der Waals surface area contributed by atoms with E-state index in [1.807, 2.05) is 11.4 Å². The number of nitrogens with one attached hydrogen (secondary N) is 1. The number of halogens is 1. The van der Waals surface area contributed by atoms with E-state index in [1.165, 1.54) is 11.3 Å². The van der Waals surface area contributed by atoms with E-state index in [2.05, 4.69) is 21.2 Å². The molecule has 0 aliphatic carbocycles.